The summed E-state index contributed by atoms with van der Waals surface area (Å²) in [6.07, 6.45) is 4.59. The van der Waals surface area contributed by atoms with E-state index in [0.717, 1.165) is 31.7 Å². The maximum absolute atomic E-state index is 12.0. The third-order valence-corrected chi connectivity index (χ3v) is 4.17. The monoisotopic (exact) mass is 304 g/mol. The Hall–Kier alpha value is -1.55. The molecule has 1 fully saturated rings. The predicted molar refractivity (Wildman–Crippen MR) is 89.2 cm³/mol. The van der Waals surface area contributed by atoms with Gasteiger partial charge in [-0.1, -0.05) is 31.0 Å². The Bertz CT molecular complexity index is 451. The molecular formula is C18H28N2O2. The molecule has 4 heteroatoms. The van der Waals surface area contributed by atoms with Gasteiger partial charge >= 0.3 is 0 Å². The molecule has 0 atom stereocenters. The lowest BCUT2D eigenvalue weighted by molar-refractivity contribution is -0.124. The third-order valence-electron chi connectivity index (χ3n) is 4.17. The summed E-state index contributed by atoms with van der Waals surface area (Å²) >= 11 is 0. The zero-order valence-electron chi connectivity index (χ0n) is 13.8. The van der Waals surface area contributed by atoms with Gasteiger partial charge in [-0.15, -0.1) is 0 Å². The van der Waals surface area contributed by atoms with Crippen molar-refractivity contribution in [1.82, 2.24) is 10.2 Å². The molecule has 1 aromatic carbocycles. The summed E-state index contributed by atoms with van der Waals surface area (Å²) in [5.41, 5.74) is 1.19. The van der Waals surface area contributed by atoms with Crippen LogP contribution in [0.3, 0.4) is 0 Å². The minimum atomic E-state index is -0.0208. The normalized spacial score (nSPS) is 16.5. The number of aryl methyl sites for hydroxylation is 1. The van der Waals surface area contributed by atoms with Crippen LogP contribution in [-0.4, -0.2) is 43.1 Å². The number of likely N-dealkylation sites (tertiary alicyclic amines) is 1. The van der Waals surface area contributed by atoms with Gasteiger partial charge in [-0.3, -0.25) is 4.79 Å². The molecule has 22 heavy (non-hydrogen) atoms. The number of piperidine rings is 1. The molecule has 0 radical (unpaired) electrons. The minimum Gasteiger partial charge on any atom is -0.484 e. The van der Waals surface area contributed by atoms with Crippen molar-refractivity contribution in [1.29, 1.82) is 0 Å². The second kappa shape index (κ2) is 8.79. The van der Waals surface area contributed by atoms with Gasteiger partial charge < -0.3 is 15.0 Å². The second-order valence-corrected chi connectivity index (χ2v) is 6.14. The van der Waals surface area contributed by atoms with Gasteiger partial charge in [0, 0.05) is 19.1 Å². The van der Waals surface area contributed by atoms with Crippen molar-refractivity contribution in [3.63, 3.8) is 0 Å². The van der Waals surface area contributed by atoms with E-state index in [-0.39, 0.29) is 12.5 Å². The molecule has 1 aliphatic rings. The van der Waals surface area contributed by atoms with Gasteiger partial charge in [0.15, 0.2) is 6.61 Å². The number of benzene rings is 1. The molecule has 1 amide bonds. The van der Waals surface area contributed by atoms with Crippen molar-refractivity contribution in [2.45, 2.75) is 45.6 Å². The molecule has 1 heterocycles. The van der Waals surface area contributed by atoms with Gasteiger partial charge in [0.2, 0.25) is 0 Å². The average molecular weight is 304 g/mol. The second-order valence-electron chi connectivity index (χ2n) is 6.14. The summed E-state index contributed by atoms with van der Waals surface area (Å²) in [6, 6.07) is 8.06. The Labute approximate surface area is 133 Å². The number of ether oxygens (including phenoxy) is 1. The zero-order chi connectivity index (χ0) is 15.8. The van der Waals surface area contributed by atoms with Crippen molar-refractivity contribution in [2.75, 3.05) is 26.2 Å². The van der Waals surface area contributed by atoms with Crippen LogP contribution in [0.2, 0.25) is 0 Å². The predicted octanol–water partition coefficient (Wildman–Crippen LogP) is 2.75. The molecule has 2 rings (SSSR count). The number of hydrogen-bond donors (Lipinski definition) is 1. The van der Waals surface area contributed by atoms with Gasteiger partial charge in [-0.05, 0) is 44.9 Å². The molecule has 0 aliphatic carbocycles. The van der Waals surface area contributed by atoms with Crippen molar-refractivity contribution >= 4 is 5.91 Å². The highest BCUT2D eigenvalue weighted by Gasteiger charge is 2.20. The van der Waals surface area contributed by atoms with E-state index in [4.69, 9.17) is 4.74 Å². The fourth-order valence-electron chi connectivity index (χ4n) is 2.74. The van der Waals surface area contributed by atoms with Crippen LogP contribution >= 0.6 is 0 Å². The largest absolute Gasteiger partial charge is 0.484 e. The lowest BCUT2D eigenvalue weighted by Gasteiger charge is -2.32. The van der Waals surface area contributed by atoms with Crippen LogP contribution < -0.4 is 10.1 Å². The summed E-state index contributed by atoms with van der Waals surface area (Å²) in [6.45, 7) is 7.71. The van der Waals surface area contributed by atoms with E-state index in [9.17, 15) is 4.79 Å². The first-order valence-corrected chi connectivity index (χ1v) is 8.38. The number of hydrogen-bond acceptors (Lipinski definition) is 3. The maximum atomic E-state index is 12.0. The van der Waals surface area contributed by atoms with Crippen LogP contribution in [0.5, 0.6) is 5.75 Å². The summed E-state index contributed by atoms with van der Waals surface area (Å²) in [7, 11) is 0. The minimum absolute atomic E-state index is 0.0208. The maximum Gasteiger partial charge on any atom is 0.258 e. The number of amides is 1. The number of rotatable bonds is 7. The molecular weight excluding hydrogens is 276 g/mol. The lowest BCUT2D eigenvalue weighted by atomic mass is 10.0. The first-order valence-electron chi connectivity index (χ1n) is 8.38. The fourth-order valence-corrected chi connectivity index (χ4v) is 2.74. The standard InChI is InChI=1S/C18H28N2O2/c1-3-4-11-20-12-9-16(10-13-20)19-18(21)14-22-17-7-5-15(2)6-8-17/h5-8,16H,3-4,9-14H2,1-2H3,(H,19,21). The summed E-state index contributed by atoms with van der Waals surface area (Å²) < 4.78 is 5.52. The highest BCUT2D eigenvalue weighted by Crippen LogP contribution is 2.12. The van der Waals surface area contributed by atoms with E-state index in [0.29, 0.717) is 6.04 Å². The van der Waals surface area contributed by atoms with Crippen molar-refractivity contribution in [3.8, 4) is 5.75 Å². The van der Waals surface area contributed by atoms with Crippen LogP contribution in [0, 0.1) is 6.92 Å². The van der Waals surface area contributed by atoms with E-state index in [1.807, 2.05) is 31.2 Å². The Morgan fingerprint density at radius 1 is 1.27 bits per heavy atom. The Morgan fingerprint density at radius 2 is 1.95 bits per heavy atom. The molecule has 0 unspecified atom stereocenters. The van der Waals surface area contributed by atoms with E-state index in [1.54, 1.807) is 0 Å². The van der Waals surface area contributed by atoms with Crippen LogP contribution in [0.1, 0.15) is 38.2 Å². The third kappa shape index (κ3) is 5.68. The van der Waals surface area contributed by atoms with Gasteiger partial charge in [-0.2, -0.15) is 0 Å². The molecule has 0 saturated carbocycles. The number of carbonyl (C=O) groups is 1. The number of nitrogens with one attached hydrogen (secondary N) is 1. The van der Waals surface area contributed by atoms with Crippen LogP contribution in [0.25, 0.3) is 0 Å². The van der Waals surface area contributed by atoms with Crippen molar-refractivity contribution < 1.29 is 9.53 Å². The summed E-state index contributed by atoms with van der Waals surface area (Å²) in [4.78, 5) is 14.5. The van der Waals surface area contributed by atoms with Gasteiger partial charge in [0.25, 0.3) is 5.91 Å². The Morgan fingerprint density at radius 3 is 2.59 bits per heavy atom. The van der Waals surface area contributed by atoms with E-state index < -0.39 is 0 Å². The van der Waals surface area contributed by atoms with Crippen LogP contribution in [-0.2, 0) is 4.79 Å². The summed E-state index contributed by atoms with van der Waals surface area (Å²) in [5.74, 6) is 0.725. The molecule has 1 aromatic rings. The number of unbranched alkanes of at least 4 members (excludes halogenated alkanes) is 1. The molecule has 122 valence electrons. The van der Waals surface area contributed by atoms with E-state index in [1.165, 1.54) is 24.9 Å². The highest BCUT2D eigenvalue weighted by molar-refractivity contribution is 5.77. The van der Waals surface area contributed by atoms with Crippen LogP contribution in [0.15, 0.2) is 24.3 Å². The zero-order valence-corrected chi connectivity index (χ0v) is 13.8. The molecule has 1 N–H and O–H groups in total. The highest BCUT2D eigenvalue weighted by atomic mass is 16.5. The molecule has 0 spiro atoms. The van der Waals surface area contributed by atoms with Crippen molar-refractivity contribution in [2.24, 2.45) is 0 Å². The Balaban J connectivity index is 1.64. The van der Waals surface area contributed by atoms with E-state index in [2.05, 4.69) is 17.1 Å². The molecule has 0 bridgehead atoms. The lowest BCUT2D eigenvalue weighted by Crippen LogP contribution is -2.46. The SMILES string of the molecule is CCCCN1CCC(NC(=O)COc2ccc(C)cc2)CC1. The van der Waals surface area contributed by atoms with Gasteiger partial charge in [0.1, 0.15) is 5.75 Å². The molecule has 4 nitrogen and oxygen atoms in total. The average Bonchev–Trinajstić information content (AvgIpc) is 2.54. The quantitative estimate of drug-likeness (QED) is 0.842. The fraction of sp³-hybridized carbons (Fsp3) is 0.611. The molecule has 1 saturated heterocycles. The van der Waals surface area contributed by atoms with Gasteiger partial charge in [-0.25, -0.2) is 0 Å². The molecule has 0 aromatic heterocycles. The molecule has 1 aliphatic heterocycles. The first-order chi connectivity index (χ1) is 10.7. The topological polar surface area (TPSA) is 41.6 Å². The Kier molecular flexibility index (Phi) is 6.72. The van der Waals surface area contributed by atoms with E-state index >= 15 is 0 Å². The number of carbonyl (C=O) groups excluding carboxylic acids is 1. The first kappa shape index (κ1) is 16.8. The van der Waals surface area contributed by atoms with Crippen LogP contribution in [0.4, 0.5) is 0 Å². The van der Waals surface area contributed by atoms with Crippen molar-refractivity contribution in [3.05, 3.63) is 29.8 Å². The smallest absolute Gasteiger partial charge is 0.258 e. The number of nitrogens with zero attached hydrogens (tertiary/aromatic N) is 1. The summed E-state index contributed by atoms with van der Waals surface area (Å²) in [5, 5.41) is 3.09. The van der Waals surface area contributed by atoms with Gasteiger partial charge in [0.05, 0.1) is 0 Å².